The summed E-state index contributed by atoms with van der Waals surface area (Å²) >= 11 is 6.32. The Kier molecular flexibility index (Phi) is 8.82. The third kappa shape index (κ3) is 6.71. The van der Waals surface area contributed by atoms with Gasteiger partial charge in [-0.05, 0) is 62.4 Å². The van der Waals surface area contributed by atoms with Gasteiger partial charge >= 0.3 is 0 Å². The van der Waals surface area contributed by atoms with Gasteiger partial charge in [-0.1, -0.05) is 23.7 Å². The lowest BCUT2D eigenvalue weighted by molar-refractivity contribution is 0.0982. The number of nitrogens with zero attached hydrogens (tertiary/aromatic N) is 5. The number of likely N-dealkylation sites (N-methyl/N-ethyl adjacent to an activating group) is 1. The number of methoxy groups -OCH3 is 1. The minimum atomic E-state index is -3.48. The van der Waals surface area contributed by atoms with Gasteiger partial charge in [-0.15, -0.1) is 0 Å². The summed E-state index contributed by atoms with van der Waals surface area (Å²) in [5.41, 5.74) is 2.90. The molecule has 4 aromatic rings. The van der Waals surface area contributed by atoms with Gasteiger partial charge in [0.25, 0.3) is 0 Å². The van der Waals surface area contributed by atoms with E-state index in [1.807, 2.05) is 12.1 Å². The number of hydrogen-bond acceptors (Lipinski definition) is 10. The predicted octanol–water partition coefficient (Wildman–Crippen LogP) is 5.40. The van der Waals surface area contributed by atoms with Crippen LogP contribution in [-0.2, 0) is 9.84 Å². The van der Waals surface area contributed by atoms with Crippen molar-refractivity contribution in [1.82, 2.24) is 19.8 Å². The number of sulfone groups is 1. The highest BCUT2D eigenvalue weighted by Gasteiger charge is 2.27. The molecule has 12 heteroatoms. The fourth-order valence-electron chi connectivity index (χ4n) is 6.05. The molecule has 6 rings (SSSR count). The minimum Gasteiger partial charge on any atom is -0.494 e. The minimum absolute atomic E-state index is 0.174. The molecule has 2 fully saturated rings. The average molecular weight is 636 g/mol. The van der Waals surface area contributed by atoms with E-state index in [0.717, 1.165) is 63.5 Å². The molecule has 0 amide bonds. The van der Waals surface area contributed by atoms with E-state index in [1.165, 1.54) is 6.26 Å². The summed E-state index contributed by atoms with van der Waals surface area (Å²) in [7, 11) is 0.375. The number of benzene rings is 3. The number of piperazine rings is 1. The van der Waals surface area contributed by atoms with Crippen molar-refractivity contribution >= 4 is 61.2 Å². The van der Waals surface area contributed by atoms with E-state index in [9.17, 15) is 8.42 Å². The molecule has 0 aliphatic carbocycles. The molecule has 0 saturated carbocycles. The van der Waals surface area contributed by atoms with Crippen molar-refractivity contribution in [2.45, 2.75) is 23.8 Å². The van der Waals surface area contributed by atoms with Gasteiger partial charge in [-0.3, -0.25) is 4.90 Å². The molecule has 2 aliphatic heterocycles. The standard InChI is InChI=1S/C32H38ClN7O3S/c1-38-16-18-40(19-17-38)23-12-14-39(15-13-23)24-9-11-27(29(21-24)43-2)36-32-35-26-10-8-22(33)20-25(26)31(37-32)34-28-6-4-5-7-30(28)44(3,41)42/h4-11,20-21,23H,12-19H2,1-3H3,(H2,34,35,36,37). The quantitative estimate of drug-likeness (QED) is 0.262. The third-order valence-electron chi connectivity index (χ3n) is 8.51. The Morgan fingerprint density at radius 1 is 0.886 bits per heavy atom. The summed E-state index contributed by atoms with van der Waals surface area (Å²) < 4.78 is 30.7. The number of para-hydroxylation sites is 1. The van der Waals surface area contributed by atoms with Crippen LogP contribution in [0.25, 0.3) is 10.9 Å². The predicted molar refractivity (Wildman–Crippen MR) is 178 cm³/mol. The SMILES string of the molecule is COc1cc(N2CCC(N3CCN(C)CC3)CC2)ccc1Nc1nc(Nc2ccccc2S(C)(=O)=O)c2cc(Cl)ccc2n1. The molecular formula is C32H38ClN7O3S. The summed E-state index contributed by atoms with van der Waals surface area (Å²) in [6.07, 6.45) is 3.49. The van der Waals surface area contributed by atoms with Gasteiger partial charge in [0.05, 0.1) is 28.9 Å². The van der Waals surface area contributed by atoms with E-state index in [0.29, 0.717) is 45.2 Å². The van der Waals surface area contributed by atoms with Crippen molar-refractivity contribution in [3.63, 3.8) is 0 Å². The van der Waals surface area contributed by atoms with Gasteiger partial charge in [-0.25, -0.2) is 13.4 Å². The van der Waals surface area contributed by atoms with E-state index in [4.69, 9.17) is 26.3 Å². The lowest BCUT2D eigenvalue weighted by atomic mass is 10.0. The first-order valence-electron chi connectivity index (χ1n) is 14.8. The van der Waals surface area contributed by atoms with Crippen molar-refractivity contribution in [2.75, 3.05) is 75.2 Å². The van der Waals surface area contributed by atoms with E-state index in [1.54, 1.807) is 43.5 Å². The van der Waals surface area contributed by atoms with E-state index in [2.05, 4.69) is 44.5 Å². The molecule has 3 heterocycles. The van der Waals surface area contributed by atoms with Crippen molar-refractivity contribution in [3.05, 3.63) is 65.7 Å². The molecule has 2 saturated heterocycles. The summed E-state index contributed by atoms with van der Waals surface area (Å²) in [5, 5.41) is 7.71. The van der Waals surface area contributed by atoms with Gasteiger partial charge in [0.1, 0.15) is 11.6 Å². The lowest BCUT2D eigenvalue weighted by Gasteiger charge is -2.42. The number of piperidine rings is 1. The molecule has 44 heavy (non-hydrogen) atoms. The van der Waals surface area contributed by atoms with Crippen LogP contribution in [0.4, 0.5) is 28.8 Å². The molecule has 0 spiro atoms. The Hall–Kier alpha value is -3.64. The van der Waals surface area contributed by atoms with Gasteiger partial charge in [-0.2, -0.15) is 4.98 Å². The molecule has 232 valence electrons. The van der Waals surface area contributed by atoms with Crippen LogP contribution in [0.3, 0.4) is 0 Å². The van der Waals surface area contributed by atoms with Gasteiger partial charge in [0.15, 0.2) is 9.84 Å². The molecule has 0 atom stereocenters. The summed E-state index contributed by atoms with van der Waals surface area (Å²) in [6.45, 7) is 6.61. The molecule has 0 radical (unpaired) electrons. The maximum Gasteiger partial charge on any atom is 0.229 e. The van der Waals surface area contributed by atoms with Gasteiger partial charge < -0.3 is 25.2 Å². The summed E-state index contributed by atoms with van der Waals surface area (Å²) in [4.78, 5) is 17.1. The highest BCUT2D eigenvalue weighted by atomic mass is 35.5. The fraction of sp³-hybridized carbons (Fsp3) is 0.375. The van der Waals surface area contributed by atoms with Gasteiger partial charge in [0.2, 0.25) is 5.95 Å². The summed E-state index contributed by atoms with van der Waals surface area (Å²) in [5.74, 6) is 1.44. The van der Waals surface area contributed by atoms with Crippen LogP contribution in [0.1, 0.15) is 12.8 Å². The first-order chi connectivity index (χ1) is 21.2. The van der Waals surface area contributed by atoms with Crippen LogP contribution in [0.2, 0.25) is 5.02 Å². The van der Waals surface area contributed by atoms with Crippen molar-refractivity contribution < 1.29 is 13.2 Å². The number of halogens is 1. The highest BCUT2D eigenvalue weighted by Crippen LogP contribution is 2.35. The molecular weight excluding hydrogens is 598 g/mol. The molecule has 2 N–H and O–H groups in total. The Morgan fingerprint density at radius 2 is 1.64 bits per heavy atom. The zero-order valence-corrected chi connectivity index (χ0v) is 26.8. The van der Waals surface area contributed by atoms with Crippen molar-refractivity contribution in [1.29, 1.82) is 0 Å². The van der Waals surface area contributed by atoms with Crippen LogP contribution in [0.15, 0.2) is 65.6 Å². The van der Waals surface area contributed by atoms with Crippen LogP contribution >= 0.6 is 11.6 Å². The fourth-order valence-corrected chi connectivity index (χ4v) is 7.07. The molecule has 10 nitrogen and oxygen atoms in total. The van der Waals surface area contributed by atoms with Crippen LogP contribution < -0.4 is 20.3 Å². The first kappa shape index (κ1) is 30.4. The first-order valence-corrected chi connectivity index (χ1v) is 17.1. The number of ether oxygens (including phenoxy) is 1. The largest absolute Gasteiger partial charge is 0.494 e. The maximum absolute atomic E-state index is 12.5. The number of nitrogens with one attached hydrogen (secondary N) is 2. The Balaban J connectivity index is 1.23. The number of hydrogen-bond donors (Lipinski definition) is 2. The molecule has 0 bridgehead atoms. The van der Waals surface area contributed by atoms with Crippen LogP contribution in [-0.4, -0.2) is 93.9 Å². The van der Waals surface area contributed by atoms with Crippen molar-refractivity contribution in [3.8, 4) is 5.75 Å². The topological polar surface area (TPSA) is 103 Å². The Bertz CT molecular complexity index is 1750. The van der Waals surface area contributed by atoms with Gasteiger partial charge in [0, 0.05) is 73.7 Å². The van der Waals surface area contributed by atoms with Crippen molar-refractivity contribution in [2.24, 2.45) is 0 Å². The normalized spacial score (nSPS) is 17.1. The number of rotatable bonds is 8. The third-order valence-corrected chi connectivity index (χ3v) is 9.90. The Labute approximate surface area is 263 Å². The molecule has 2 aliphatic rings. The molecule has 0 unspecified atom stereocenters. The van der Waals surface area contributed by atoms with Crippen LogP contribution in [0, 0.1) is 0 Å². The second kappa shape index (κ2) is 12.8. The van der Waals surface area contributed by atoms with E-state index in [-0.39, 0.29) is 4.90 Å². The molecule has 1 aromatic heterocycles. The van der Waals surface area contributed by atoms with E-state index >= 15 is 0 Å². The summed E-state index contributed by atoms with van der Waals surface area (Å²) in [6, 6.07) is 18.9. The van der Waals surface area contributed by atoms with Crippen LogP contribution in [0.5, 0.6) is 5.75 Å². The maximum atomic E-state index is 12.5. The number of anilines is 5. The second-order valence-corrected chi connectivity index (χ2v) is 13.9. The highest BCUT2D eigenvalue weighted by molar-refractivity contribution is 7.90. The van der Waals surface area contributed by atoms with E-state index < -0.39 is 9.84 Å². The zero-order valence-electron chi connectivity index (χ0n) is 25.3. The zero-order chi connectivity index (χ0) is 30.8. The smallest absolute Gasteiger partial charge is 0.229 e. The average Bonchev–Trinajstić information content (AvgIpc) is 3.02. The second-order valence-electron chi connectivity index (χ2n) is 11.5. The number of aromatic nitrogens is 2. The Morgan fingerprint density at radius 3 is 2.36 bits per heavy atom. The number of fused-ring (bicyclic) bond motifs is 1. The lowest BCUT2D eigenvalue weighted by Crippen LogP contribution is -2.52. The monoisotopic (exact) mass is 635 g/mol. The molecule has 3 aromatic carbocycles.